The Hall–Kier alpha value is -0.0400. The Bertz CT molecular complexity index is 21.2. The molecule has 0 aromatic heterocycles. The molecule has 0 fully saturated rings. The van der Waals surface area contributed by atoms with Crippen LogP contribution in [-0.4, -0.2) is 0 Å². The lowest BCUT2D eigenvalue weighted by Crippen LogP contribution is -1.17. The summed E-state index contributed by atoms with van der Waals surface area (Å²) in [6.07, 6.45) is 0.140. The van der Waals surface area contributed by atoms with E-state index < -0.39 is 0 Å². The van der Waals surface area contributed by atoms with Crippen LogP contribution in [0.15, 0.2) is 6.33 Å². The Kier molecular flexibility index (Phi) is 2.93. The fourth-order valence-electron chi connectivity index (χ4n) is 0. The van der Waals surface area contributed by atoms with Crippen molar-refractivity contribution in [2.75, 3.05) is 0 Å². The number of hydrogen-bond acceptors (Lipinski definition) is 0. The van der Waals surface area contributed by atoms with Crippen LogP contribution in [0.1, 0.15) is 0 Å². The van der Waals surface area contributed by atoms with E-state index in [1.807, 2.05) is 0 Å². The van der Waals surface area contributed by atoms with Gasteiger partial charge in [-0.25, -0.2) is 4.39 Å². The number of hydrogen-bond donors (Lipinski definition) is 0. The Morgan fingerprint density at radius 1 is 2.00 bits per heavy atom. The summed E-state index contributed by atoms with van der Waals surface area (Å²) in [6, 6.07) is 0. The maximum absolute atomic E-state index is 10.4. The van der Waals surface area contributed by atoms with Gasteiger partial charge in [0, 0.05) is 0 Å². The lowest BCUT2D eigenvalue weighted by molar-refractivity contribution is 0.720. The molecule has 0 spiro atoms. The zero-order valence-corrected chi connectivity index (χ0v) is 2.59. The summed E-state index contributed by atoms with van der Waals surface area (Å²) < 4.78 is 10.4. The van der Waals surface area contributed by atoms with Gasteiger partial charge in [0.15, 0.2) is 0 Å². The van der Waals surface area contributed by atoms with Crippen molar-refractivity contribution in [3.8, 4) is 0 Å². The molecule has 0 N–H and O–H groups in total. The van der Waals surface area contributed by atoms with Crippen LogP contribution in [0.2, 0.25) is 0 Å². The van der Waals surface area contributed by atoms with Crippen LogP contribution >= 0.6 is 11.6 Å². The van der Waals surface area contributed by atoms with Crippen molar-refractivity contribution in [2.45, 2.75) is 0 Å². The van der Waals surface area contributed by atoms with Gasteiger partial charge in [-0.05, 0) is 0 Å². The minimum absolute atomic E-state index is 0.140. The summed E-state index contributed by atoms with van der Waals surface area (Å²) in [5, 5.41) is 0. The van der Waals surface area contributed by atoms with Crippen LogP contribution in [0.5, 0.6) is 0 Å². The second kappa shape index (κ2) is 2.96. The van der Waals surface area contributed by atoms with Crippen LogP contribution in [0.4, 0.5) is 4.39 Å². The van der Waals surface area contributed by atoms with Crippen LogP contribution in [0.3, 0.4) is 0 Å². The molecule has 0 rings (SSSR count). The Labute approximate surface area is 28.9 Å². The zero-order chi connectivity index (χ0) is 3.41. The molecule has 0 aromatic carbocycles. The van der Waals surface area contributed by atoms with Crippen molar-refractivity contribution < 1.29 is 4.39 Å². The lowest BCUT2D eigenvalue weighted by atomic mass is 11.2. The number of halogens is 2. The van der Waals surface area contributed by atoms with E-state index in [1.165, 1.54) is 0 Å². The summed E-state index contributed by atoms with van der Waals surface area (Å²) in [7, 11) is 0. The van der Waals surface area contributed by atoms with Gasteiger partial charge in [-0.15, -0.1) is 0 Å². The van der Waals surface area contributed by atoms with E-state index in [1.54, 1.807) is 5.54 Å². The van der Waals surface area contributed by atoms with E-state index >= 15 is 0 Å². The molecular formula is C2HClF. The lowest BCUT2D eigenvalue weighted by Gasteiger charge is -1.41. The van der Waals surface area contributed by atoms with Crippen LogP contribution < -0.4 is 0 Å². The van der Waals surface area contributed by atoms with E-state index in [4.69, 9.17) is 0 Å². The molecule has 0 atom stereocenters. The second-order valence-corrected chi connectivity index (χ2v) is 0.436. The predicted octanol–water partition coefficient (Wildman–Crippen LogP) is 1.47. The van der Waals surface area contributed by atoms with Gasteiger partial charge in [0.1, 0.15) is 6.33 Å². The first-order valence-corrected chi connectivity index (χ1v) is 1.07. The average molecular weight is 79.5 g/mol. The van der Waals surface area contributed by atoms with E-state index in [0.29, 0.717) is 0 Å². The summed E-state index contributed by atoms with van der Waals surface area (Å²) in [4.78, 5) is 0. The fraction of sp³-hybridized carbons (Fsp3) is 0. The zero-order valence-electron chi connectivity index (χ0n) is 1.83. The standard InChI is InChI=1S/C2HClF/c3-1-2-4/h2H. The Morgan fingerprint density at radius 2 is 2.25 bits per heavy atom. The Morgan fingerprint density at radius 3 is 2.25 bits per heavy atom. The van der Waals surface area contributed by atoms with Crippen molar-refractivity contribution in [2.24, 2.45) is 0 Å². The molecule has 0 amide bonds. The largest absolute Gasteiger partial charge is 0.214 e. The van der Waals surface area contributed by atoms with Crippen molar-refractivity contribution >= 4 is 11.6 Å². The van der Waals surface area contributed by atoms with Crippen molar-refractivity contribution in [3.63, 3.8) is 0 Å². The van der Waals surface area contributed by atoms with E-state index in [-0.39, 0.29) is 6.33 Å². The molecule has 0 aliphatic carbocycles. The molecule has 0 unspecified atom stereocenters. The van der Waals surface area contributed by atoms with Crippen molar-refractivity contribution in [1.29, 1.82) is 0 Å². The van der Waals surface area contributed by atoms with Gasteiger partial charge in [-0.1, -0.05) is 11.6 Å². The first-order chi connectivity index (χ1) is 1.91. The molecule has 2 heteroatoms. The highest BCUT2D eigenvalue weighted by atomic mass is 35.5. The van der Waals surface area contributed by atoms with Gasteiger partial charge in [-0.3, -0.25) is 0 Å². The summed E-state index contributed by atoms with van der Waals surface area (Å²) in [5.41, 5.74) is 1.61. The highest BCUT2D eigenvalue weighted by molar-refractivity contribution is 6.21. The van der Waals surface area contributed by atoms with Gasteiger partial charge in [0.05, 0.1) is 5.54 Å². The fourth-order valence-corrected chi connectivity index (χ4v) is 0. The maximum atomic E-state index is 10.4. The van der Waals surface area contributed by atoms with Crippen molar-refractivity contribution in [1.82, 2.24) is 0 Å². The molecule has 4 heavy (non-hydrogen) atoms. The van der Waals surface area contributed by atoms with Crippen LogP contribution in [0.25, 0.3) is 0 Å². The third-order valence-corrected chi connectivity index (χ3v) is 0.124. The highest BCUT2D eigenvalue weighted by Gasteiger charge is 1.44. The van der Waals surface area contributed by atoms with Crippen molar-refractivity contribution in [3.05, 3.63) is 11.9 Å². The molecule has 23 valence electrons. The van der Waals surface area contributed by atoms with Gasteiger partial charge >= 0.3 is 0 Å². The van der Waals surface area contributed by atoms with E-state index in [9.17, 15) is 4.39 Å². The quantitative estimate of drug-likeness (QED) is 0.412. The molecule has 0 saturated heterocycles. The summed E-state index contributed by atoms with van der Waals surface area (Å²) >= 11 is 4.51. The van der Waals surface area contributed by atoms with Gasteiger partial charge in [0.25, 0.3) is 0 Å². The molecule has 0 aliphatic heterocycles. The molecule has 0 heterocycles. The first kappa shape index (κ1) is 3.96. The smallest absolute Gasteiger partial charge is 0.107 e. The topological polar surface area (TPSA) is 0 Å². The van der Waals surface area contributed by atoms with Gasteiger partial charge < -0.3 is 0 Å². The minimum Gasteiger partial charge on any atom is -0.214 e. The van der Waals surface area contributed by atoms with E-state index in [2.05, 4.69) is 11.6 Å². The van der Waals surface area contributed by atoms with Crippen LogP contribution in [0, 0.1) is 5.54 Å². The summed E-state index contributed by atoms with van der Waals surface area (Å²) in [6.45, 7) is 0. The molecule has 0 saturated carbocycles. The summed E-state index contributed by atoms with van der Waals surface area (Å²) in [5.74, 6) is 0. The Balaban J connectivity index is 2.55. The maximum Gasteiger partial charge on any atom is 0.107 e. The number of rotatable bonds is 0. The molecule has 0 aliphatic rings. The molecule has 0 bridgehead atoms. The van der Waals surface area contributed by atoms with Crippen LogP contribution in [-0.2, 0) is 0 Å². The third kappa shape index (κ3) is 1.96. The minimum atomic E-state index is 0.140. The highest BCUT2D eigenvalue weighted by Crippen LogP contribution is 1.71. The SMILES string of the molecule is F/C=[C]\Cl. The van der Waals surface area contributed by atoms with E-state index in [0.717, 1.165) is 0 Å². The van der Waals surface area contributed by atoms with Gasteiger partial charge in [0.2, 0.25) is 0 Å². The molecular weight excluding hydrogens is 78.5 g/mol. The first-order valence-electron chi connectivity index (χ1n) is 0.696. The third-order valence-electron chi connectivity index (χ3n) is 0.0412. The average Bonchev–Trinajstić information content (AvgIpc) is 1.37. The monoisotopic (exact) mass is 79.0 g/mol. The molecule has 0 aromatic rings. The molecule has 0 nitrogen and oxygen atoms in total. The van der Waals surface area contributed by atoms with Gasteiger partial charge in [-0.2, -0.15) is 0 Å². The predicted molar refractivity (Wildman–Crippen MR) is 14.8 cm³/mol. The normalized spacial score (nSPS) is 9.50. The molecule has 1 radical (unpaired) electrons. The second-order valence-electron chi connectivity index (χ2n) is 0.218.